The summed E-state index contributed by atoms with van der Waals surface area (Å²) in [5.41, 5.74) is 2.13. The zero-order valence-electron chi connectivity index (χ0n) is 20.2. The maximum atomic E-state index is 13.6. The van der Waals surface area contributed by atoms with E-state index in [1.54, 1.807) is 0 Å². The third kappa shape index (κ3) is 5.46. The average Bonchev–Trinajstić information content (AvgIpc) is 2.89. The number of hydrogen-bond acceptors (Lipinski definition) is 5. The summed E-state index contributed by atoms with van der Waals surface area (Å²) in [6, 6.07) is 16.1. The standard InChI is InChI=1S/C28H35Cl2N3O2/c29-23-9-8-22(18-24(23)30)28(10-4-12-31-20-28)11-5-13-33-19-25(32-14-16-35-17-15-32)26(33)27(34)21-6-2-1-3-7-21/h1-3,6-9,18,25-26,31H,4-5,10-17,19-20H2. The highest BCUT2D eigenvalue weighted by Crippen LogP contribution is 2.39. The number of morpholine rings is 1. The number of nitrogens with zero attached hydrogens (tertiary/aromatic N) is 2. The predicted molar refractivity (Wildman–Crippen MR) is 142 cm³/mol. The number of ketones is 1. The third-order valence-corrected chi connectivity index (χ3v) is 8.86. The number of likely N-dealkylation sites (tertiary alicyclic amines) is 1. The van der Waals surface area contributed by atoms with Crippen molar-refractivity contribution in [3.63, 3.8) is 0 Å². The second kappa shape index (κ2) is 11.3. The molecule has 188 valence electrons. The van der Waals surface area contributed by atoms with Crippen molar-refractivity contribution in [1.29, 1.82) is 0 Å². The van der Waals surface area contributed by atoms with Crippen LogP contribution in [0, 0.1) is 0 Å². The van der Waals surface area contributed by atoms with Gasteiger partial charge in [-0.3, -0.25) is 14.6 Å². The summed E-state index contributed by atoms with van der Waals surface area (Å²) < 4.78 is 5.56. The van der Waals surface area contributed by atoms with Crippen LogP contribution >= 0.6 is 23.2 Å². The fourth-order valence-corrected chi connectivity index (χ4v) is 6.44. The van der Waals surface area contributed by atoms with Gasteiger partial charge in [-0.05, 0) is 56.5 Å². The number of benzene rings is 2. The fourth-order valence-electron chi connectivity index (χ4n) is 6.15. The predicted octanol–water partition coefficient (Wildman–Crippen LogP) is 4.66. The van der Waals surface area contributed by atoms with E-state index in [1.165, 1.54) is 5.56 Å². The Morgan fingerprint density at radius 2 is 1.89 bits per heavy atom. The first kappa shape index (κ1) is 25.2. The Kier molecular flexibility index (Phi) is 8.12. The minimum atomic E-state index is -0.0825. The van der Waals surface area contributed by atoms with Crippen LogP contribution in [-0.2, 0) is 10.2 Å². The molecule has 0 spiro atoms. The second-order valence-corrected chi connectivity index (χ2v) is 11.0. The number of halogens is 2. The number of Topliss-reactive ketones (excluding diaryl/α,β-unsaturated/α-hetero) is 1. The van der Waals surface area contributed by atoms with Crippen molar-refractivity contribution in [2.75, 3.05) is 52.5 Å². The Balaban J connectivity index is 1.28. The van der Waals surface area contributed by atoms with Gasteiger partial charge in [0, 0.05) is 43.2 Å². The maximum Gasteiger partial charge on any atom is 0.181 e. The van der Waals surface area contributed by atoms with E-state index >= 15 is 0 Å². The van der Waals surface area contributed by atoms with E-state index in [1.807, 2.05) is 36.4 Å². The Morgan fingerprint density at radius 3 is 2.60 bits per heavy atom. The molecule has 3 heterocycles. The van der Waals surface area contributed by atoms with E-state index in [-0.39, 0.29) is 23.3 Å². The molecule has 0 bridgehead atoms. The Morgan fingerprint density at radius 1 is 1.09 bits per heavy atom. The number of piperidine rings is 1. The first-order valence-electron chi connectivity index (χ1n) is 12.9. The van der Waals surface area contributed by atoms with Gasteiger partial charge in [0.1, 0.15) is 0 Å². The molecule has 3 saturated heterocycles. The summed E-state index contributed by atoms with van der Waals surface area (Å²) in [5, 5.41) is 4.84. The lowest BCUT2D eigenvalue weighted by Gasteiger charge is -2.53. The van der Waals surface area contributed by atoms with Crippen molar-refractivity contribution >= 4 is 29.0 Å². The van der Waals surface area contributed by atoms with Crippen molar-refractivity contribution < 1.29 is 9.53 Å². The highest BCUT2D eigenvalue weighted by Gasteiger charge is 2.47. The monoisotopic (exact) mass is 515 g/mol. The van der Waals surface area contributed by atoms with Gasteiger partial charge in [-0.1, -0.05) is 59.6 Å². The van der Waals surface area contributed by atoms with Gasteiger partial charge in [-0.2, -0.15) is 0 Å². The number of ether oxygens (including phenoxy) is 1. The zero-order chi connectivity index (χ0) is 24.3. The van der Waals surface area contributed by atoms with Crippen LogP contribution in [0.15, 0.2) is 48.5 Å². The minimum absolute atomic E-state index is 0.0554. The molecule has 2 aromatic rings. The van der Waals surface area contributed by atoms with Crippen molar-refractivity contribution in [2.24, 2.45) is 0 Å². The van der Waals surface area contributed by atoms with Gasteiger partial charge < -0.3 is 10.1 Å². The number of hydrogen-bond donors (Lipinski definition) is 1. The van der Waals surface area contributed by atoms with Crippen LogP contribution in [0.4, 0.5) is 0 Å². The molecule has 0 saturated carbocycles. The molecule has 0 amide bonds. The van der Waals surface area contributed by atoms with Gasteiger partial charge >= 0.3 is 0 Å². The molecule has 1 N–H and O–H groups in total. The Labute approximate surface area is 218 Å². The summed E-state index contributed by atoms with van der Waals surface area (Å²) in [7, 11) is 0. The number of carbonyl (C=O) groups is 1. The Hall–Kier alpha value is -1.47. The maximum absolute atomic E-state index is 13.6. The number of rotatable bonds is 8. The second-order valence-electron chi connectivity index (χ2n) is 10.2. The number of carbonyl (C=O) groups excluding carboxylic acids is 1. The molecule has 3 aliphatic heterocycles. The highest BCUT2D eigenvalue weighted by molar-refractivity contribution is 6.42. The summed E-state index contributed by atoms with van der Waals surface area (Å²) in [5.74, 6) is 0.242. The van der Waals surface area contributed by atoms with Crippen LogP contribution in [0.1, 0.15) is 41.6 Å². The lowest BCUT2D eigenvalue weighted by atomic mass is 9.71. The third-order valence-electron chi connectivity index (χ3n) is 8.13. The van der Waals surface area contributed by atoms with Gasteiger partial charge in [-0.15, -0.1) is 0 Å². The summed E-state index contributed by atoms with van der Waals surface area (Å²) in [6.07, 6.45) is 4.39. The molecule has 2 aromatic carbocycles. The lowest BCUT2D eigenvalue weighted by Crippen LogP contribution is -2.70. The summed E-state index contributed by atoms with van der Waals surface area (Å²) >= 11 is 12.6. The van der Waals surface area contributed by atoms with Crippen LogP contribution in [0.25, 0.3) is 0 Å². The summed E-state index contributed by atoms with van der Waals surface area (Å²) in [6.45, 7) is 7.20. The summed E-state index contributed by atoms with van der Waals surface area (Å²) in [4.78, 5) is 18.4. The first-order valence-corrected chi connectivity index (χ1v) is 13.6. The molecule has 0 aliphatic carbocycles. The molecular weight excluding hydrogens is 481 g/mol. The first-order chi connectivity index (χ1) is 17.1. The molecule has 3 aliphatic rings. The SMILES string of the molecule is O=C(c1ccccc1)C1C(N2CCOCC2)CN1CCCC1(c2ccc(Cl)c(Cl)c2)CCCNC1. The molecule has 3 unspecified atom stereocenters. The van der Waals surface area contributed by atoms with Crippen molar-refractivity contribution in [2.45, 2.75) is 43.2 Å². The van der Waals surface area contributed by atoms with Crippen LogP contribution in [0.2, 0.25) is 10.0 Å². The topological polar surface area (TPSA) is 44.8 Å². The van der Waals surface area contributed by atoms with Gasteiger partial charge in [0.05, 0.1) is 29.3 Å². The van der Waals surface area contributed by atoms with Gasteiger partial charge in [0.2, 0.25) is 0 Å². The lowest BCUT2D eigenvalue weighted by molar-refractivity contribution is -0.0587. The van der Waals surface area contributed by atoms with Crippen molar-refractivity contribution in [3.8, 4) is 0 Å². The fraction of sp³-hybridized carbons (Fsp3) is 0.536. The van der Waals surface area contributed by atoms with E-state index in [2.05, 4.69) is 27.2 Å². The van der Waals surface area contributed by atoms with E-state index in [0.29, 0.717) is 10.0 Å². The number of nitrogens with one attached hydrogen (secondary N) is 1. The minimum Gasteiger partial charge on any atom is -0.379 e. The molecule has 3 fully saturated rings. The molecule has 0 radical (unpaired) electrons. The smallest absolute Gasteiger partial charge is 0.181 e. The quantitative estimate of drug-likeness (QED) is 0.517. The van der Waals surface area contributed by atoms with Crippen LogP contribution in [0.5, 0.6) is 0 Å². The molecule has 7 heteroatoms. The van der Waals surface area contributed by atoms with E-state index < -0.39 is 0 Å². The zero-order valence-corrected chi connectivity index (χ0v) is 21.7. The van der Waals surface area contributed by atoms with Gasteiger partial charge in [-0.25, -0.2) is 0 Å². The molecule has 5 rings (SSSR count). The highest BCUT2D eigenvalue weighted by atomic mass is 35.5. The normalized spacial score (nSPS) is 27.9. The average molecular weight is 517 g/mol. The van der Waals surface area contributed by atoms with E-state index in [9.17, 15) is 4.79 Å². The molecule has 3 atom stereocenters. The van der Waals surface area contributed by atoms with Gasteiger partial charge in [0.25, 0.3) is 0 Å². The van der Waals surface area contributed by atoms with Crippen LogP contribution in [-0.4, -0.2) is 80.1 Å². The van der Waals surface area contributed by atoms with Crippen molar-refractivity contribution in [1.82, 2.24) is 15.1 Å². The largest absolute Gasteiger partial charge is 0.379 e. The molecule has 0 aromatic heterocycles. The molecule has 35 heavy (non-hydrogen) atoms. The van der Waals surface area contributed by atoms with E-state index in [0.717, 1.165) is 83.7 Å². The van der Waals surface area contributed by atoms with Gasteiger partial charge in [0.15, 0.2) is 5.78 Å². The van der Waals surface area contributed by atoms with Crippen LogP contribution < -0.4 is 5.32 Å². The van der Waals surface area contributed by atoms with Crippen LogP contribution in [0.3, 0.4) is 0 Å². The van der Waals surface area contributed by atoms with Crippen molar-refractivity contribution in [3.05, 3.63) is 69.7 Å². The Bertz CT molecular complexity index is 1010. The molecular formula is C28H35Cl2N3O2. The molecule has 5 nitrogen and oxygen atoms in total. The van der Waals surface area contributed by atoms with E-state index in [4.69, 9.17) is 27.9 Å².